The highest BCUT2D eigenvalue weighted by atomic mass is 79.9. The molecule has 0 aliphatic rings. The monoisotopic (exact) mass is 367 g/mol. The molecule has 0 fully saturated rings. The molecule has 0 unspecified atom stereocenters. The molecule has 0 amide bonds. The molecule has 0 bridgehead atoms. The third-order valence-corrected chi connectivity index (χ3v) is 4.52. The zero-order valence-corrected chi connectivity index (χ0v) is 14.1. The molecular weight excluding hydrogens is 353 g/mol. The van der Waals surface area contributed by atoms with Crippen LogP contribution in [0, 0.1) is 0 Å². The molecule has 1 heterocycles. The quantitative estimate of drug-likeness (QED) is 0.660. The summed E-state index contributed by atoms with van der Waals surface area (Å²) >= 11 is 11.2. The van der Waals surface area contributed by atoms with E-state index in [2.05, 4.69) is 52.0 Å². The first-order valence-electron chi connectivity index (χ1n) is 5.69. The molecule has 2 aromatic rings. The molecule has 0 atom stereocenters. The van der Waals surface area contributed by atoms with E-state index < -0.39 is 0 Å². The normalized spacial score (nSPS) is 10.9. The van der Waals surface area contributed by atoms with Crippen LogP contribution in [0.3, 0.4) is 0 Å². The van der Waals surface area contributed by atoms with Crippen LogP contribution >= 0.6 is 51.3 Å². The van der Waals surface area contributed by atoms with E-state index in [1.165, 1.54) is 15.0 Å². The van der Waals surface area contributed by atoms with Crippen LogP contribution in [0.15, 0.2) is 28.7 Å². The van der Waals surface area contributed by atoms with E-state index in [9.17, 15) is 0 Å². The largest absolute Gasteiger partial charge is 0.297 e. The van der Waals surface area contributed by atoms with Crippen LogP contribution in [0.2, 0.25) is 0 Å². The van der Waals surface area contributed by atoms with E-state index in [4.69, 9.17) is 11.6 Å². The standard InChI is InChI=1S/C13H15BrClNS.ClH/c1-2-16(6-5-15)9-12-8-10-7-11(14)3-4-13(10)17-12;/h3-4,7-8H,2,5-6,9H2,1H3;1H. The van der Waals surface area contributed by atoms with Crippen molar-refractivity contribution >= 4 is 61.4 Å². The zero-order valence-electron chi connectivity index (χ0n) is 10.2. The summed E-state index contributed by atoms with van der Waals surface area (Å²) in [5.41, 5.74) is 0. The van der Waals surface area contributed by atoms with Gasteiger partial charge in [0, 0.05) is 33.0 Å². The molecule has 2 rings (SSSR count). The van der Waals surface area contributed by atoms with Crippen molar-refractivity contribution in [1.82, 2.24) is 4.90 Å². The Morgan fingerprint density at radius 2 is 2.11 bits per heavy atom. The highest BCUT2D eigenvalue weighted by Gasteiger charge is 2.06. The molecule has 0 N–H and O–H groups in total. The third kappa shape index (κ3) is 4.10. The van der Waals surface area contributed by atoms with Crippen LogP contribution in [-0.4, -0.2) is 23.9 Å². The third-order valence-electron chi connectivity index (χ3n) is 2.76. The molecule has 0 saturated heterocycles. The number of rotatable bonds is 5. The minimum absolute atomic E-state index is 0. The van der Waals surface area contributed by atoms with Gasteiger partial charge in [-0.05, 0) is 36.2 Å². The number of halogens is 3. The second-order valence-electron chi connectivity index (χ2n) is 3.95. The molecule has 1 aromatic carbocycles. The molecule has 18 heavy (non-hydrogen) atoms. The van der Waals surface area contributed by atoms with Gasteiger partial charge in [0.05, 0.1) is 0 Å². The Hall–Kier alpha value is 0.200. The first-order valence-corrected chi connectivity index (χ1v) is 7.83. The van der Waals surface area contributed by atoms with Gasteiger partial charge in [0.2, 0.25) is 0 Å². The Bertz CT molecular complexity index is 501. The highest BCUT2D eigenvalue weighted by molar-refractivity contribution is 9.10. The molecule has 5 heteroatoms. The van der Waals surface area contributed by atoms with E-state index in [1.54, 1.807) is 0 Å². The molecule has 0 spiro atoms. The van der Waals surface area contributed by atoms with Gasteiger partial charge in [-0.15, -0.1) is 35.3 Å². The second-order valence-corrected chi connectivity index (χ2v) is 6.41. The minimum Gasteiger partial charge on any atom is -0.297 e. The maximum Gasteiger partial charge on any atom is 0.0351 e. The predicted octanol–water partition coefficient (Wildman–Crippen LogP) is 5.15. The van der Waals surface area contributed by atoms with E-state index in [1.807, 2.05) is 11.3 Å². The molecule has 0 radical (unpaired) electrons. The second kappa shape index (κ2) is 7.71. The molecule has 0 aliphatic heterocycles. The molecular formula is C13H16BrCl2NS. The maximum absolute atomic E-state index is 5.80. The van der Waals surface area contributed by atoms with Crippen LogP contribution in [0.5, 0.6) is 0 Å². The number of hydrogen-bond acceptors (Lipinski definition) is 2. The molecule has 100 valence electrons. The summed E-state index contributed by atoms with van der Waals surface area (Å²) in [6.45, 7) is 5.18. The van der Waals surface area contributed by atoms with E-state index in [-0.39, 0.29) is 12.4 Å². The summed E-state index contributed by atoms with van der Waals surface area (Å²) in [5.74, 6) is 0.699. The van der Waals surface area contributed by atoms with Gasteiger partial charge in [0.1, 0.15) is 0 Å². The Morgan fingerprint density at radius 3 is 2.78 bits per heavy atom. The zero-order chi connectivity index (χ0) is 12.3. The topological polar surface area (TPSA) is 3.24 Å². The fourth-order valence-electron chi connectivity index (χ4n) is 1.84. The first-order chi connectivity index (χ1) is 8.22. The summed E-state index contributed by atoms with van der Waals surface area (Å²) in [4.78, 5) is 3.78. The van der Waals surface area contributed by atoms with Gasteiger partial charge in [-0.25, -0.2) is 0 Å². The lowest BCUT2D eigenvalue weighted by molar-refractivity contribution is 0.300. The van der Waals surface area contributed by atoms with Crippen molar-refractivity contribution in [3.8, 4) is 0 Å². The lowest BCUT2D eigenvalue weighted by atomic mass is 10.2. The number of benzene rings is 1. The predicted molar refractivity (Wildman–Crippen MR) is 88.4 cm³/mol. The fourth-order valence-corrected chi connectivity index (χ4v) is 3.54. The van der Waals surface area contributed by atoms with Gasteiger partial charge in [-0.3, -0.25) is 4.90 Å². The summed E-state index contributed by atoms with van der Waals surface area (Å²) in [7, 11) is 0. The summed E-state index contributed by atoms with van der Waals surface area (Å²) in [6.07, 6.45) is 0. The average Bonchev–Trinajstić information content (AvgIpc) is 2.69. The van der Waals surface area contributed by atoms with Crippen molar-refractivity contribution in [2.75, 3.05) is 19.0 Å². The van der Waals surface area contributed by atoms with E-state index in [0.29, 0.717) is 5.88 Å². The van der Waals surface area contributed by atoms with Crippen molar-refractivity contribution in [3.63, 3.8) is 0 Å². The van der Waals surface area contributed by atoms with E-state index in [0.717, 1.165) is 24.1 Å². The van der Waals surface area contributed by atoms with Gasteiger partial charge in [0.15, 0.2) is 0 Å². The van der Waals surface area contributed by atoms with Crippen LogP contribution in [0.1, 0.15) is 11.8 Å². The number of fused-ring (bicyclic) bond motifs is 1. The Labute approximate surface area is 132 Å². The Balaban J connectivity index is 0.00000162. The first kappa shape index (κ1) is 16.3. The van der Waals surface area contributed by atoms with Crippen LogP contribution in [0.25, 0.3) is 10.1 Å². The highest BCUT2D eigenvalue weighted by Crippen LogP contribution is 2.28. The van der Waals surface area contributed by atoms with Crippen molar-refractivity contribution in [2.24, 2.45) is 0 Å². The maximum atomic E-state index is 5.80. The molecule has 1 nitrogen and oxygen atoms in total. The number of hydrogen-bond donors (Lipinski definition) is 0. The minimum atomic E-state index is 0. The summed E-state index contributed by atoms with van der Waals surface area (Å²) in [6, 6.07) is 8.72. The van der Waals surface area contributed by atoms with Crippen molar-refractivity contribution in [1.29, 1.82) is 0 Å². The molecule has 0 saturated carbocycles. The average molecular weight is 369 g/mol. The number of thiophene rings is 1. The van der Waals surface area contributed by atoms with Crippen molar-refractivity contribution in [3.05, 3.63) is 33.6 Å². The van der Waals surface area contributed by atoms with Gasteiger partial charge in [-0.2, -0.15) is 0 Å². The van der Waals surface area contributed by atoms with Crippen LogP contribution in [0.4, 0.5) is 0 Å². The lowest BCUT2D eigenvalue weighted by Crippen LogP contribution is -2.24. The van der Waals surface area contributed by atoms with Gasteiger partial charge >= 0.3 is 0 Å². The van der Waals surface area contributed by atoms with Crippen LogP contribution < -0.4 is 0 Å². The fraction of sp³-hybridized carbons (Fsp3) is 0.385. The van der Waals surface area contributed by atoms with Gasteiger partial charge < -0.3 is 0 Å². The molecule has 0 aliphatic carbocycles. The lowest BCUT2D eigenvalue weighted by Gasteiger charge is -2.17. The van der Waals surface area contributed by atoms with Gasteiger partial charge in [0.25, 0.3) is 0 Å². The van der Waals surface area contributed by atoms with Crippen molar-refractivity contribution in [2.45, 2.75) is 13.5 Å². The SMILES string of the molecule is CCN(CCCl)Cc1cc2cc(Br)ccc2s1.Cl. The van der Waals surface area contributed by atoms with Gasteiger partial charge in [-0.1, -0.05) is 22.9 Å². The van der Waals surface area contributed by atoms with E-state index >= 15 is 0 Å². The number of nitrogens with zero attached hydrogens (tertiary/aromatic N) is 1. The Morgan fingerprint density at radius 1 is 1.33 bits per heavy atom. The number of alkyl halides is 1. The van der Waals surface area contributed by atoms with Crippen molar-refractivity contribution < 1.29 is 0 Å². The summed E-state index contributed by atoms with van der Waals surface area (Å²) < 4.78 is 2.49. The summed E-state index contributed by atoms with van der Waals surface area (Å²) in [5, 5.41) is 1.32. The molecule has 1 aromatic heterocycles. The van der Waals surface area contributed by atoms with Crippen LogP contribution in [-0.2, 0) is 6.54 Å². The smallest absolute Gasteiger partial charge is 0.0351 e. The Kier molecular flexibility index (Phi) is 6.96.